The van der Waals surface area contributed by atoms with Crippen LogP contribution in [-0.2, 0) is 0 Å². The molecule has 1 aromatic carbocycles. The Morgan fingerprint density at radius 2 is 1.55 bits per heavy atom. The van der Waals surface area contributed by atoms with Gasteiger partial charge in [-0.05, 0) is 79.5 Å². The molecule has 0 aliphatic heterocycles. The van der Waals surface area contributed by atoms with Crippen molar-refractivity contribution in [2.45, 2.75) is 72.8 Å². The molecule has 2 N–H and O–H groups in total. The van der Waals surface area contributed by atoms with E-state index in [2.05, 4.69) is 53.7 Å². The molecule has 2 rings (SSSR count). The predicted molar refractivity (Wildman–Crippen MR) is 88.2 cm³/mol. The van der Waals surface area contributed by atoms with Crippen molar-refractivity contribution in [1.82, 2.24) is 0 Å². The van der Waals surface area contributed by atoms with Gasteiger partial charge in [0.15, 0.2) is 0 Å². The molecule has 3 atom stereocenters. The summed E-state index contributed by atoms with van der Waals surface area (Å²) in [5.74, 6) is 1.32. The molecule has 1 aliphatic carbocycles. The lowest BCUT2D eigenvalue weighted by Crippen LogP contribution is -2.38. The maximum absolute atomic E-state index is 6.47. The van der Waals surface area contributed by atoms with Crippen molar-refractivity contribution in [3.05, 3.63) is 34.4 Å². The van der Waals surface area contributed by atoms with Crippen LogP contribution in [0.15, 0.2) is 12.1 Å². The van der Waals surface area contributed by atoms with Gasteiger partial charge in [-0.15, -0.1) is 0 Å². The lowest BCUT2D eigenvalue weighted by atomic mass is 9.65. The molecule has 1 saturated carbocycles. The third-order valence-electron chi connectivity index (χ3n) is 5.41. The Hall–Kier alpha value is -0.820. The summed E-state index contributed by atoms with van der Waals surface area (Å²) in [5.41, 5.74) is 12.6. The second-order valence-electron chi connectivity index (χ2n) is 7.94. The summed E-state index contributed by atoms with van der Waals surface area (Å²) in [6.45, 7) is 13.8. The van der Waals surface area contributed by atoms with Crippen LogP contribution in [0, 0.1) is 32.1 Å². The van der Waals surface area contributed by atoms with Crippen LogP contribution in [0.3, 0.4) is 0 Å². The highest BCUT2D eigenvalue weighted by atomic mass is 14.7. The van der Waals surface area contributed by atoms with Gasteiger partial charge < -0.3 is 5.73 Å². The van der Waals surface area contributed by atoms with E-state index in [0.717, 1.165) is 5.92 Å². The van der Waals surface area contributed by atoms with Crippen molar-refractivity contribution in [1.29, 1.82) is 0 Å². The van der Waals surface area contributed by atoms with Crippen LogP contribution in [0.5, 0.6) is 0 Å². The summed E-state index contributed by atoms with van der Waals surface area (Å²) in [7, 11) is 0. The average molecular weight is 273 g/mol. The van der Waals surface area contributed by atoms with Gasteiger partial charge in [-0.3, -0.25) is 0 Å². The predicted octanol–water partition coefficient (Wildman–Crippen LogP) is 4.87. The minimum atomic E-state index is 0.328. The average Bonchev–Trinajstić information content (AvgIpc) is 2.33. The maximum atomic E-state index is 6.47. The Morgan fingerprint density at radius 3 is 2.15 bits per heavy atom. The van der Waals surface area contributed by atoms with Crippen LogP contribution in [0.4, 0.5) is 0 Å². The molecule has 0 heterocycles. The monoisotopic (exact) mass is 273 g/mol. The van der Waals surface area contributed by atoms with Crippen LogP contribution in [0.2, 0.25) is 0 Å². The number of rotatable bonds is 1. The van der Waals surface area contributed by atoms with E-state index in [4.69, 9.17) is 5.73 Å². The summed E-state index contributed by atoms with van der Waals surface area (Å²) >= 11 is 0. The molecule has 0 bridgehead atoms. The van der Waals surface area contributed by atoms with Gasteiger partial charge in [0.25, 0.3) is 0 Å². The summed E-state index contributed by atoms with van der Waals surface area (Å²) in [5, 5.41) is 0. The van der Waals surface area contributed by atoms with E-state index in [1.807, 2.05) is 0 Å². The Kier molecular flexibility index (Phi) is 4.30. The normalized spacial score (nSPS) is 27.6. The molecule has 1 aliphatic rings. The highest BCUT2D eigenvalue weighted by molar-refractivity contribution is 5.39. The van der Waals surface area contributed by atoms with Crippen LogP contribution < -0.4 is 5.73 Å². The Labute approximate surface area is 125 Å². The van der Waals surface area contributed by atoms with E-state index in [-0.39, 0.29) is 0 Å². The molecular formula is C19H31N. The van der Waals surface area contributed by atoms with Gasteiger partial charge in [0.2, 0.25) is 0 Å². The fraction of sp³-hybridized carbons (Fsp3) is 0.684. The van der Waals surface area contributed by atoms with Crippen molar-refractivity contribution >= 4 is 0 Å². The Bertz CT molecular complexity index is 481. The summed E-state index contributed by atoms with van der Waals surface area (Å²) < 4.78 is 0. The van der Waals surface area contributed by atoms with Gasteiger partial charge in [-0.2, -0.15) is 0 Å². The first-order valence-corrected chi connectivity index (χ1v) is 8.03. The third kappa shape index (κ3) is 3.09. The van der Waals surface area contributed by atoms with E-state index in [0.29, 0.717) is 17.4 Å². The van der Waals surface area contributed by atoms with Crippen molar-refractivity contribution in [2.75, 3.05) is 0 Å². The van der Waals surface area contributed by atoms with Gasteiger partial charge in [0.1, 0.15) is 0 Å². The number of benzene rings is 1. The van der Waals surface area contributed by atoms with Crippen LogP contribution in [0.1, 0.15) is 68.2 Å². The van der Waals surface area contributed by atoms with Gasteiger partial charge >= 0.3 is 0 Å². The summed E-state index contributed by atoms with van der Waals surface area (Å²) in [6.07, 6.45) is 3.69. The minimum absolute atomic E-state index is 0.328. The van der Waals surface area contributed by atoms with Crippen molar-refractivity contribution < 1.29 is 0 Å². The summed E-state index contributed by atoms with van der Waals surface area (Å²) in [6, 6.07) is 5.05. The van der Waals surface area contributed by atoms with Crippen LogP contribution >= 0.6 is 0 Å². The number of nitrogens with two attached hydrogens (primary N) is 1. The Balaban J connectivity index is 2.32. The topological polar surface area (TPSA) is 26.0 Å². The van der Waals surface area contributed by atoms with E-state index in [9.17, 15) is 0 Å². The van der Waals surface area contributed by atoms with Gasteiger partial charge in [0, 0.05) is 6.04 Å². The Morgan fingerprint density at radius 1 is 0.950 bits per heavy atom. The zero-order valence-electron chi connectivity index (χ0n) is 14.1. The minimum Gasteiger partial charge on any atom is -0.327 e. The highest BCUT2D eigenvalue weighted by Gasteiger charge is 2.35. The van der Waals surface area contributed by atoms with Crippen molar-refractivity contribution in [3.8, 4) is 0 Å². The third-order valence-corrected chi connectivity index (χ3v) is 5.41. The molecule has 0 aromatic heterocycles. The first kappa shape index (κ1) is 15.6. The number of hydrogen-bond donors (Lipinski definition) is 1. The second kappa shape index (κ2) is 5.52. The first-order chi connectivity index (χ1) is 9.20. The largest absolute Gasteiger partial charge is 0.327 e. The fourth-order valence-corrected chi connectivity index (χ4v) is 3.72. The molecular weight excluding hydrogens is 242 g/mol. The van der Waals surface area contributed by atoms with Crippen molar-refractivity contribution in [3.63, 3.8) is 0 Å². The molecule has 20 heavy (non-hydrogen) atoms. The van der Waals surface area contributed by atoms with Gasteiger partial charge in [0.05, 0.1) is 0 Å². The van der Waals surface area contributed by atoms with E-state index in [1.165, 1.54) is 41.5 Å². The lowest BCUT2D eigenvalue weighted by molar-refractivity contribution is 0.153. The molecule has 1 nitrogen and oxygen atoms in total. The van der Waals surface area contributed by atoms with Crippen LogP contribution in [0.25, 0.3) is 0 Å². The van der Waals surface area contributed by atoms with E-state index < -0.39 is 0 Å². The van der Waals surface area contributed by atoms with Crippen LogP contribution in [-0.4, -0.2) is 6.04 Å². The molecule has 1 aromatic rings. The fourth-order valence-electron chi connectivity index (χ4n) is 3.72. The molecule has 0 radical (unpaired) electrons. The van der Waals surface area contributed by atoms with E-state index in [1.54, 1.807) is 0 Å². The first-order valence-electron chi connectivity index (χ1n) is 8.03. The quantitative estimate of drug-likeness (QED) is 0.776. The molecule has 0 saturated heterocycles. The van der Waals surface area contributed by atoms with Crippen molar-refractivity contribution in [2.24, 2.45) is 17.1 Å². The van der Waals surface area contributed by atoms with Gasteiger partial charge in [-0.1, -0.05) is 32.9 Å². The molecule has 0 amide bonds. The molecule has 3 unspecified atom stereocenters. The van der Waals surface area contributed by atoms with Gasteiger partial charge in [-0.25, -0.2) is 0 Å². The smallest absolute Gasteiger partial charge is 0.0108 e. The highest BCUT2D eigenvalue weighted by Crippen LogP contribution is 2.44. The van der Waals surface area contributed by atoms with E-state index >= 15 is 0 Å². The SMILES string of the molecule is Cc1cc(C)c(C2CC(C(C)(C)C)CCC2N)cc1C. The zero-order valence-corrected chi connectivity index (χ0v) is 14.1. The molecule has 1 fully saturated rings. The summed E-state index contributed by atoms with van der Waals surface area (Å²) in [4.78, 5) is 0. The lowest BCUT2D eigenvalue weighted by Gasteiger charge is -2.41. The zero-order chi connectivity index (χ0) is 15.1. The number of aryl methyl sites for hydroxylation is 3. The number of hydrogen-bond acceptors (Lipinski definition) is 1. The standard InChI is InChI=1S/C19H31N/c1-12-9-14(3)16(10-13(12)2)17-11-15(19(4,5)6)7-8-18(17)20/h9-10,15,17-18H,7-8,11,20H2,1-6H3. The molecule has 112 valence electrons. The maximum Gasteiger partial charge on any atom is 0.0108 e. The second-order valence-corrected chi connectivity index (χ2v) is 7.94. The molecule has 0 spiro atoms. The molecule has 1 heteroatoms.